The molecule has 1 aromatic carbocycles. The first-order chi connectivity index (χ1) is 14.1. The number of fused-ring (bicyclic) bond motifs is 1. The third-order valence-corrected chi connectivity index (χ3v) is 4.65. The molecule has 2 heterocycles. The van der Waals surface area contributed by atoms with E-state index in [-0.39, 0.29) is 19.1 Å². The van der Waals surface area contributed by atoms with E-state index < -0.39 is 12.0 Å². The largest absolute Gasteiger partial charge is 0.463 e. The Balaban J connectivity index is 2.01. The van der Waals surface area contributed by atoms with Crippen molar-refractivity contribution >= 4 is 17.8 Å². The molecule has 1 aliphatic rings. The lowest BCUT2D eigenvalue weighted by molar-refractivity contribution is -0.139. The summed E-state index contributed by atoms with van der Waals surface area (Å²) >= 11 is 0. The van der Waals surface area contributed by atoms with E-state index in [0.717, 1.165) is 5.56 Å². The maximum absolute atomic E-state index is 12.9. The van der Waals surface area contributed by atoms with Crippen molar-refractivity contribution in [2.75, 3.05) is 38.3 Å². The van der Waals surface area contributed by atoms with Crippen molar-refractivity contribution in [1.29, 1.82) is 0 Å². The molecule has 1 aromatic heterocycles. The molecule has 9 heteroatoms. The highest BCUT2D eigenvalue weighted by Gasteiger charge is 2.38. The zero-order chi connectivity index (χ0) is 20.8. The van der Waals surface area contributed by atoms with E-state index in [2.05, 4.69) is 15.4 Å². The number of carbonyl (C=O) groups is 2. The Hall–Kier alpha value is -3.20. The van der Waals surface area contributed by atoms with Crippen LogP contribution in [0, 0.1) is 0 Å². The molecule has 2 aromatic rings. The number of rotatable bonds is 8. The first kappa shape index (κ1) is 20.5. The monoisotopic (exact) mass is 399 g/mol. The Morgan fingerprint density at radius 1 is 1.24 bits per heavy atom. The van der Waals surface area contributed by atoms with Crippen molar-refractivity contribution in [3.63, 3.8) is 0 Å². The van der Waals surface area contributed by atoms with Gasteiger partial charge in [0.15, 0.2) is 0 Å². The van der Waals surface area contributed by atoms with Crippen molar-refractivity contribution < 1.29 is 19.1 Å². The fourth-order valence-corrected chi connectivity index (χ4v) is 3.33. The van der Waals surface area contributed by atoms with Gasteiger partial charge in [-0.25, -0.2) is 9.48 Å². The highest BCUT2D eigenvalue weighted by atomic mass is 16.5. The van der Waals surface area contributed by atoms with Gasteiger partial charge in [-0.2, -0.15) is 10.1 Å². The summed E-state index contributed by atoms with van der Waals surface area (Å²) in [7, 11) is 1.57. The standard InChI is InChI=1S/C20H25N5O4/c1-4-29-19(27)17-14(2)24(12-16(26)21-10-11-28-3)20-22-13-23-25(20)18(17)15-8-6-5-7-9-15/h5-9,13,18H,4,10-12H2,1-3H3,(H,21,26)/t18-/m1/s1. The maximum Gasteiger partial charge on any atom is 0.338 e. The Morgan fingerprint density at radius 2 is 2.00 bits per heavy atom. The van der Waals surface area contributed by atoms with Gasteiger partial charge in [0.1, 0.15) is 18.9 Å². The predicted octanol–water partition coefficient (Wildman–Crippen LogP) is 1.29. The number of benzene rings is 1. The number of nitrogens with one attached hydrogen (secondary N) is 1. The van der Waals surface area contributed by atoms with E-state index >= 15 is 0 Å². The molecule has 1 aliphatic heterocycles. The number of hydrogen-bond donors (Lipinski definition) is 1. The summed E-state index contributed by atoms with van der Waals surface area (Å²) in [5.41, 5.74) is 1.92. The van der Waals surface area contributed by atoms with E-state index in [9.17, 15) is 9.59 Å². The van der Waals surface area contributed by atoms with Crippen LogP contribution < -0.4 is 10.2 Å². The van der Waals surface area contributed by atoms with Crippen LogP contribution in [0.4, 0.5) is 5.95 Å². The van der Waals surface area contributed by atoms with Crippen LogP contribution in [-0.4, -0.2) is 60.1 Å². The Labute approximate surface area is 169 Å². The smallest absolute Gasteiger partial charge is 0.338 e. The highest BCUT2D eigenvalue weighted by molar-refractivity contribution is 5.93. The van der Waals surface area contributed by atoms with Crippen LogP contribution in [0.25, 0.3) is 0 Å². The van der Waals surface area contributed by atoms with E-state index in [0.29, 0.717) is 30.4 Å². The number of carbonyl (C=O) groups excluding carboxylic acids is 2. The molecule has 3 rings (SSSR count). The highest BCUT2D eigenvalue weighted by Crippen LogP contribution is 2.38. The fraction of sp³-hybridized carbons (Fsp3) is 0.400. The second-order valence-electron chi connectivity index (χ2n) is 6.47. The van der Waals surface area contributed by atoms with E-state index in [1.807, 2.05) is 30.3 Å². The number of ether oxygens (including phenoxy) is 2. The van der Waals surface area contributed by atoms with Crippen molar-refractivity contribution in [1.82, 2.24) is 20.1 Å². The summed E-state index contributed by atoms with van der Waals surface area (Å²) in [5.74, 6) is -0.159. The predicted molar refractivity (Wildman–Crippen MR) is 106 cm³/mol. The lowest BCUT2D eigenvalue weighted by Crippen LogP contribution is -2.43. The molecule has 0 bridgehead atoms. The molecule has 0 unspecified atom stereocenters. The topological polar surface area (TPSA) is 98.6 Å². The number of esters is 1. The average Bonchev–Trinajstić information content (AvgIpc) is 3.20. The molecular weight excluding hydrogens is 374 g/mol. The first-order valence-electron chi connectivity index (χ1n) is 9.44. The number of allylic oxidation sites excluding steroid dienone is 1. The van der Waals surface area contributed by atoms with E-state index in [1.165, 1.54) is 6.33 Å². The van der Waals surface area contributed by atoms with Gasteiger partial charge in [0.2, 0.25) is 11.9 Å². The van der Waals surface area contributed by atoms with Gasteiger partial charge in [-0.15, -0.1) is 0 Å². The molecule has 0 spiro atoms. The molecule has 154 valence electrons. The normalized spacial score (nSPS) is 15.8. The Bertz CT molecular complexity index is 893. The molecule has 0 saturated carbocycles. The lowest BCUT2D eigenvalue weighted by Gasteiger charge is -2.35. The van der Waals surface area contributed by atoms with Crippen molar-refractivity contribution in [3.8, 4) is 0 Å². The fourth-order valence-electron chi connectivity index (χ4n) is 3.33. The van der Waals surface area contributed by atoms with Crippen molar-refractivity contribution in [2.24, 2.45) is 0 Å². The number of aromatic nitrogens is 3. The summed E-state index contributed by atoms with van der Waals surface area (Å²) in [5, 5.41) is 7.13. The molecule has 0 saturated heterocycles. The van der Waals surface area contributed by atoms with E-state index in [4.69, 9.17) is 9.47 Å². The molecule has 9 nitrogen and oxygen atoms in total. The summed E-state index contributed by atoms with van der Waals surface area (Å²) in [6.07, 6.45) is 1.42. The summed E-state index contributed by atoms with van der Waals surface area (Å²) in [6, 6.07) is 9.08. The summed E-state index contributed by atoms with van der Waals surface area (Å²) in [4.78, 5) is 31.3. The SMILES string of the molecule is CCOC(=O)C1=C(C)N(CC(=O)NCCOC)c2ncnn2[C@@H]1c1ccccc1. The third-order valence-electron chi connectivity index (χ3n) is 4.65. The molecule has 1 amide bonds. The number of nitrogens with zero attached hydrogens (tertiary/aromatic N) is 4. The first-order valence-corrected chi connectivity index (χ1v) is 9.44. The molecule has 0 fully saturated rings. The zero-order valence-corrected chi connectivity index (χ0v) is 16.8. The summed E-state index contributed by atoms with van der Waals surface area (Å²) in [6.45, 7) is 4.62. The average molecular weight is 399 g/mol. The van der Waals surface area contributed by atoms with Crippen LogP contribution in [0.5, 0.6) is 0 Å². The van der Waals surface area contributed by atoms with Crippen LogP contribution in [0.3, 0.4) is 0 Å². The Kier molecular flexibility index (Phi) is 6.61. The van der Waals surface area contributed by atoms with Gasteiger partial charge in [-0.3, -0.25) is 4.79 Å². The van der Waals surface area contributed by atoms with Gasteiger partial charge in [-0.1, -0.05) is 30.3 Å². The van der Waals surface area contributed by atoms with Gasteiger partial charge in [-0.05, 0) is 19.4 Å². The number of hydrogen-bond acceptors (Lipinski definition) is 7. The minimum absolute atomic E-state index is 0.00133. The van der Waals surface area contributed by atoms with Crippen LogP contribution in [0.1, 0.15) is 25.5 Å². The molecule has 1 N–H and O–H groups in total. The van der Waals surface area contributed by atoms with Crippen molar-refractivity contribution in [3.05, 3.63) is 53.5 Å². The molecule has 29 heavy (non-hydrogen) atoms. The van der Waals surface area contributed by atoms with Gasteiger partial charge in [0, 0.05) is 19.4 Å². The molecule has 0 radical (unpaired) electrons. The lowest BCUT2D eigenvalue weighted by atomic mass is 9.95. The van der Waals surface area contributed by atoms with Crippen molar-refractivity contribution in [2.45, 2.75) is 19.9 Å². The summed E-state index contributed by atoms with van der Waals surface area (Å²) < 4.78 is 11.9. The second kappa shape index (κ2) is 9.33. The minimum atomic E-state index is -0.486. The quantitative estimate of drug-likeness (QED) is 0.527. The zero-order valence-electron chi connectivity index (χ0n) is 16.8. The van der Waals surface area contributed by atoms with E-state index in [1.54, 1.807) is 30.5 Å². The van der Waals surface area contributed by atoms with Crippen LogP contribution in [0.2, 0.25) is 0 Å². The Morgan fingerprint density at radius 3 is 2.69 bits per heavy atom. The van der Waals surface area contributed by atoms with Gasteiger partial charge in [0.25, 0.3) is 0 Å². The van der Waals surface area contributed by atoms with Crippen LogP contribution >= 0.6 is 0 Å². The van der Waals surface area contributed by atoms with Crippen LogP contribution in [0.15, 0.2) is 47.9 Å². The molecular formula is C20H25N5O4. The number of anilines is 1. The van der Waals surface area contributed by atoms with Gasteiger partial charge < -0.3 is 19.7 Å². The van der Waals surface area contributed by atoms with Gasteiger partial charge >= 0.3 is 5.97 Å². The third kappa shape index (κ3) is 4.29. The van der Waals surface area contributed by atoms with Gasteiger partial charge in [0.05, 0.1) is 18.8 Å². The number of methoxy groups -OCH3 is 1. The molecule has 0 aliphatic carbocycles. The number of amides is 1. The van der Waals surface area contributed by atoms with Crippen LogP contribution in [-0.2, 0) is 19.1 Å². The minimum Gasteiger partial charge on any atom is -0.463 e. The second-order valence-corrected chi connectivity index (χ2v) is 6.47. The molecule has 1 atom stereocenters. The maximum atomic E-state index is 12.9.